The fourth-order valence-corrected chi connectivity index (χ4v) is 15.9. The van der Waals surface area contributed by atoms with Crippen molar-refractivity contribution in [3.8, 4) is 0 Å². The minimum absolute atomic E-state index is 0.0253. The van der Waals surface area contributed by atoms with Crippen molar-refractivity contribution in [2.75, 3.05) is 0 Å². The Labute approximate surface area is 271 Å². The first kappa shape index (κ1) is 32.7. The van der Waals surface area contributed by atoms with E-state index in [-0.39, 0.29) is 4.16 Å². The number of carbonyl (C=O) groups excluding carboxylic acids is 4. The third-order valence-corrected chi connectivity index (χ3v) is 18.7. The van der Waals surface area contributed by atoms with E-state index in [2.05, 4.69) is 44.2 Å². The number of aromatic nitrogens is 4. The third-order valence-electron chi connectivity index (χ3n) is 7.36. The van der Waals surface area contributed by atoms with Gasteiger partial charge in [0.2, 0.25) is 0 Å². The SMILES string of the molecule is C1=Cc2cc3ccc(cc4nc(cc5ccc(cc1n2)[nH]5)C=C4)[nH]3.CC(=O)[O][Zn]([O]C(C)=O)([O]C(C)=O)([O]C(C)=O)[c]1ccccc1. The predicted molar refractivity (Wildman–Crippen MR) is 172 cm³/mol. The summed E-state index contributed by atoms with van der Waals surface area (Å²) in [5, 5.41) is 0. The van der Waals surface area contributed by atoms with Gasteiger partial charge >= 0.3 is 135 Å². The number of benzene rings is 1. The van der Waals surface area contributed by atoms with Gasteiger partial charge in [-0.05, 0) is 72.8 Å². The molecule has 0 aliphatic carbocycles. The zero-order chi connectivity index (χ0) is 33.6. The molecular formula is C34H31N4O8Zn. The molecule has 0 spiro atoms. The van der Waals surface area contributed by atoms with Gasteiger partial charge in [0.15, 0.2) is 0 Å². The van der Waals surface area contributed by atoms with Crippen LogP contribution in [0.1, 0.15) is 50.5 Å². The summed E-state index contributed by atoms with van der Waals surface area (Å²) in [4.78, 5) is 62.6. The number of H-pyrrole nitrogens is 2. The second-order valence-corrected chi connectivity index (χ2v) is 20.7. The minimum atomic E-state index is -6.61. The van der Waals surface area contributed by atoms with Gasteiger partial charge in [-0.15, -0.1) is 0 Å². The summed E-state index contributed by atoms with van der Waals surface area (Å²) in [5.74, 6) is -3.70. The number of carbonyl (C=O) groups is 4. The van der Waals surface area contributed by atoms with E-state index in [4.69, 9.17) is 14.3 Å². The second-order valence-electron chi connectivity index (χ2n) is 11.2. The van der Waals surface area contributed by atoms with Crippen molar-refractivity contribution in [3.63, 3.8) is 0 Å². The summed E-state index contributed by atoms with van der Waals surface area (Å²) in [6.07, 6.45) is 8.09. The van der Waals surface area contributed by atoms with Gasteiger partial charge < -0.3 is 9.97 Å². The Morgan fingerprint density at radius 2 is 0.787 bits per heavy atom. The van der Waals surface area contributed by atoms with Crippen LogP contribution in [0.25, 0.3) is 46.4 Å². The number of hydrogen-bond acceptors (Lipinski definition) is 10. The average Bonchev–Trinajstić information content (AvgIpc) is 3.79. The van der Waals surface area contributed by atoms with Gasteiger partial charge in [0.05, 0.1) is 22.8 Å². The Kier molecular flexibility index (Phi) is 9.30. The molecule has 0 radical (unpaired) electrons. The second kappa shape index (κ2) is 13.4. The van der Waals surface area contributed by atoms with Crippen molar-refractivity contribution in [2.24, 2.45) is 0 Å². The van der Waals surface area contributed by atoms with Crippen molar-refractivity contribution in [1.82, 2.24) is 19.9 Å². The standard InChI is InChI=1S/C20H14N4.C6H5.4C2H4O2.Zn/c1-2-14-10-16-5-6-18(23-16)12-20-8-7-19(24-20)11-17-4-3-15(22-17)9-13(1)21-14;1-2-4-6-5-3-1;4*1-2(3)4;/h1-12,21,24H;1-5H;4*1H3,(H,3,4);/q;;;;;;+4/p-4. The van der Waals surface area contributed by atoms with Gasteiger partial charge in [0, 0.05) is 22.1 Å². The molecule has 12 nitrogen and oxygen atoms in total. The van der Waals surface area contributed by atoms with Crippen LogP contribution in [-0.2, 0) is 48.5 Å². The average molecular weight is 689 g/mol. The van der Waals surface area contributed by atoms with E-state index in [0.29, 0.717) is 0 Å². The number of nitrogens with one attached hydrogen (secondary N) is 2. The summed E-state index contributed by atoms with van der Waals surface area (Å²) in [7, 11) is 0. The Morgan fingerprint density at radius 3 is 1.06 bits per heavy atom. The van der Waals surface area contributed by atoms with E-state index in [1.807, 2.05) is 48.6 Å². The number of nitrogens with zero attached hydrogens (tertiary/aromatic N) is 2. The van der Waals surface area contributed by atoms with Gasteiger partial charge in [-0.1, -0.05) is 0 Å². The summed E-state index contributed by atoms with van der Waals surface area (Å²) in [5.41, 5.74) is 7.86. The van der Waals surface area contributed by atoms with Crippen molar-refractivity contribution in [1.29, 1.82) is 0 Å². The molecule has 8 bridgehead atoms. The predicted octanol–water partition coefficient (Wildman–Crippen LogP) is 5.57. The van der Waals surface area contributed by atoms with Crippen molar-refractivity contribution in [2.45, 2.75) is 27.7 Å². The Morgan fingerprint density at radius 1 is 0.489 bits per heavy atom. The molecule has 2 aliphatic heterocycles. The fraction of sp³-hybridized carbons (Fsp3) is 0.118. The normalized spacial score (nSPS) is 11.9. The Hall–Kier alpha value is -5.68. The monoisotopic (exact) mass is 687 g/mol. The molecule has 0 saturated carbocycles. The van der Waals surface area contributed by atoms with Crippen LogP contribution in [-0.4, -0.2) is 43.8 Å². The molecule has 6 rings (SSSR count). The first-order valence-corrected chi connectivity index (χ1v) is 21.2. The Bertz CT molecular complexity index is 1850. The quantitative estimate of drug-likeness (QED) is 0.219. The van der Waals surface area contributed by atoms with E-state index >= 15 is 0 Å². The molecule has 2 N–H and O–H groups in total. The fourth-order valence-electron chi connectivity index (χ4n) is 5.72. The van der Waals surface area contributed by atoms with Crippen LogP contribution < -0.4 is 4.16 Å². The number of rotatable bonds is 5. The number of fused-ring (bicyclic) bond motifs is 8. The van der Waals surface area contributed by atoms with Crippen LogP contribution in [0.2, 0.25) is 0 Å². The molecular weight excluding hydrogens is 658 g/mol. The first-order valence-electron chi connectivity index (χ1n) is 14.9. The molecule has 4 aromatic rings. The van der Waals surface area contributed by atoms with Gasteiger partial charge in [-0.3, -0.25) is 0 Å². The maximum absolute atomic E-state index is 11.6. The van der Waals surface area contributed by atoms with Gasteiger partial charge in [0.25, 0.3) is 0 Å². The van der Waals surface area contributed by atoms with Crippen LogP contribution >= 0.6 is 0 Å². The van der Waals surface area contributed by atoms with E-state index in [0.717, 1.165) is 72.5 Å². The molecule has 0 saturated heterocycles. The van der Waals surface area contributed by atoms with Gasteiger partial charge in [0.1, 0.15) is 0 Å². The van der Waals surface area contributed by atoms with Crippen LogP contribution in [0.15, 0.2) is 78.9 Å². The molecule has 237 valence electrons. The maximum atomic E-state index is 11.6. The van der Waals surface area contributed by atoms with Gasteiger partial charge in [-0.2, -0.15) is 0 Å². The molecule has 3 aromatic heterocycles. The zero-order valence-corrected chi connectivity index (χ0v) is 29.1. The first-order chi connectivity index (χ1) is 22.4. The third kappa shape index (κ3) is 7.95. The van der Waals surface area contributed by atoms with Crippen LogP contribution in [0.5, 0.6) is 0 Å². The summed E-state index contributed by atoms with van der Waals surface area (Å²) in [6, 6.07) is 23.9. The topological polar surface area (TPSA) is 163 Å². The molecule has 13 heteroatoms. The van der Waals surface area contributed by atoms with E-state index in [9.17, 15) is 19.2 Å². The van der Waals surface area contributed by atoms with Crippen LogP contribution in [0, 0.1) is 0 Å². The van der Waals surface area contributed by atoms with Crippen molar-refractivity contribution < 1.29 is 48.5 Å². The van der Waals surface area contributed by atoms with E-state index in [1.54, 1.807) is 6.07 Å². The molecule has 47 heavy (non-hydrogen) atoms. The van der Waals surface area contributed by atoms with Crippen molar-refractivity contribution >= 4 is 74.4 Å². The molecule has 0 atom stereocenters. The number of hydrogen-bond donors (Lipinski definition) is 2. The van der Waals surface area contributed by atoms with E-state index in [1.165, 1.54) is 24.3 Å². The molecule has 0 fully saturated rings. The van der Waals surface area contributed by atoms with Crippen molar-refractivity contribution in [3.05, 3.63) is 102 Å². The van der Waals surface area contributed by atoms with Gasteiger partial charge in [-0.25, -0.2) is 9.97 Å². The molecule has 2 aliphatic rings. The van der Waals surface area contributed by atoms with E-state index < -0.39 is 38.9 Å². The zero-order valence-electron chi connectivity index (χ0n) is 26.2. The van der Waals surface area contributed by atoms with Crippen LogP contribution in [0.3, 0.4) is 0 Å². The summed E-state index contributed by atoms with van der Waals surface area (Å²) < 4.78 is 20.8. The molecule has 0 amide bonds. The molecule has 1 aromatic carbocycles. The summed E-state index contributed by atoms with van der Waals surface area (Å²) in [6.45, 7) is 4.09. The van der Waals surface area contributed by atoms with Crippen LogP contribution in [0.4, 0.5) is 0 Å². The molecule has 5 heterocycles. The number of aromatic amines is 2. The Balaban J connectivity index is 0.000000185. The molecule has 0 unspecified atom stereocenters. The summed E-state index contributed by atoms with van der Waals surface area (Å²) >= 11 is -6.61.